The van der Waals surface area contributed by atoms with Crippen molar-refractivity contribution in [2.45, 2.75) is 11.6 Å². The largest absolute Gasteiger partial charge is 0.723 e. The number of nitrogens with zero attached hydrogens (tertiary/aromatic N) is 6. The second-order valence-corrected chi connectivity index (χ2v) is 3.41. The van der Waals surface area contributed by atoms with Gasteiger partial charge >= 0.3 is 11.6 Å². The monoisotopic (exact) mass is 362 g/mol. The molecule has 0 bridgehead atoms. The minimum atomic E-state index is -3.74. The summed E-state index contributed by atoms with van der Waals surface area (Å²) in [5, 5.41) is 75.7. The predicted octanol–water partition coefficient (Wildman–Crippen LogP) is -3.07. The Labute approximate surface area is 126 Å². The van der Waals surface area contributed by atoms with Crippen molar-refractivity contribution < 1.29 is 39.8 Å². The lowest BCUT2D eigenvalue weighted by Gasteiger charge is -2.04. The minimum Gasteiger partial charge on any atom is -0.376 e. The summed E-state index contributed by atoms with van der Waals surface area (Å²) in [5.74, 6) is -7.47. The van der Waals surface area contributed by atoms with Crippen LogP contribution in [0.2, 0.25) is 0 Å². The summed E-state index contributed by atoms with van der Waals surface area (Å²) in [6.07, 6.45) is 0. The van der Waals surface area contributed by atoms with Gasteiger partial charge in [0.25, 0.3) is 13.2 Å². The smallest absolute Gasteiger partial charge is 0.376 e. The molecule has 0 amide bonds. The van der Waals surface area contributed by atoms with E-state index in [1.165, 1.54) is 0 Å². The Morgan fingerprint density at radius 1 is 0.500 bits per heavy atom. The fraction of sp³-hybridized carbons (Fsp3) is 1.00. The molecule has 136 valence electrons. The molecule has 0 saturated carbocycles. The Morgan fingerprint density at radius 3 is 0.625 bits per heavy atom. The van der Waals surface area contributed by atoms with Gasteiger partial charge in [-0.25, -0.2) is 0 Å². The molecule has 0 aromatic heterocycles. The Morgan fingerprint density at radius 2 is 0.625 bits per heavy atom. The van der Waals surface area contributed by atoms with E-state index in [0.29, 0.717) is 0 Å². The molecule has 0 aliphatic carbocycles. The second-order valence-electron chi connectivity index (χ2n) is 3.41. The second kappa shape index (κ2) is 8.08. The van der Waals surface area contributed by atoms with Crippen molar-refractivity contribution >= 4 is 0 Å². The highest BCUT2D eigenvalue weighted by atomic mass is 16.8. The van der Waals surface area contributed by atoms with E-state index in [1.54, 1.807) is 0 Å². The minimum absolute atomic E-state index is 1.76. The molecule has 0 saturated heterocycles. The third kappa shape index (κ3) is 3.74. The first-order valence-electron chi connectivity index (χ1n) is 4.87. The maximum absolute atomic E-state index is 9.90. The van der Waals surface area contributed by atoms with Crippen LogP contribution in [0.1, 0.15) is 0 Å². The molecule has 0 atom stereocenters. The average Bonchev–Trinajstić information content (AvgIpc) is 2.39. The highest BCUT2D eigenvalue weighted by Crippen LogP contribution is 2.11. The van der Waals surface area contributed by atoms with E-state index in [-0.39, 0.29) is 0 Å². The summed E-state index contributed by atoms with van der Waals surface area (Å²) in [5.41, 5.74) is 0. The molecule has 20 nitrogen and oxygen atoms in total. The van der Waals surface area contributed by atoms with E-state index in [1.807, 2.05) is 0 Å². The molecule has 0 unspecified atom stereocenters. The molecule has 0 rings (SSSR count). The van der Waals surface area contributed by atoms with Gasteiger partial charge in [-0.1, -0.05) is 0 Å². The van der Waals surface area contributed by atoms with Crippen LogP contribution in [0.3, 0.4) is 0 Å². The Bertz CT molecular complexity index is 448. The number of nitro groups is 6. The molecular formula is C4H6N6O14. The van der Waals surface area contributed by atoms with Crippen LogP contribution >= 0.6 is 0 Å². The fourth-order valence-electron chi connectivity index (χ4n) is 0.746. The lowest BCUT2D eigenvalue weighted by atomic mass is 10.4. The van der Waals surface area contributed by atoms with Gasteiger partial charge in [0, 0.05) is 0 Å². The average molecular weight is 362 g/mol. The number of rotatable bonds is 8. The topological polar surface area (TPSA) is 299 Å². The molecule has 0 aromatic carbocycles. The van der Waals surface area contributed by atoms with Gasteiger partial charge in [0.15, 0.2) is 29.5 Å². The van der Waals surface area contributed by atoms with E-state index < -0.39 is 54.3 Å². The first kappa shape index (κ1) is 22.6. The third-order valence-corrected chi connectivity index (χ3v) is 2.18. The van der Waals surface area contributed by atoms with Gasteiger partial charge in [-0.3, -0.25) is 60.7 Å². The molecular weight excluding hydrogens is 356 g/mol. The molecule has 0 aliphatic rings. The molecule has 0 heterocycles. The SMILES string of the molecule is O=[N+]([O-])C(CO)([N+](=O)[O-])[N+](=O)[O-].O=[N+]([O-])C(CO)([N+](=O)[O-])[N+](=O)[O-]. The van der Waals surface area contributed by atoms with Gasteiger partial charge < -0.3 is 10.2 Å². The molecule has 0 aromatic rings. The van der Waals surface area contributed by atoms with E-state index in [9.17, 15) is 60.7 Å². The van der Waals surface area contributed by atoms with E-state index >= 15 is 0 Å². The highest BCUT2D eigenvalue weighted by Gasteiger charge is 2.70. The standard InChI is InChI=1S/2C2H3N3O7/c2*6-1-2(3(7)8,4(9)10)5(11)12/h2*6H,1H2. The van der Waals surface area contributed by atoms with E-state index in [0.717, 1.165) is 0 Å². The Balaban J connectivity index is 0. The molecule has 0 radical (unpaired) electrons. The van der Waals surface area contributed by atoms with Gasteiger partial charge in [0.2, 0.25) is 0 Å². The van der Waals surface area contributed by atoms with Gasteiger partial charge in [-0.15, -0.1) is 0 Å². The molecule has 2 N–H and O–H groups in total. The normalized spacial score (nSPS) is 10.8. The first-order valence-corrected chi connectivity index (χ1v) is 4.87. The van der Waals surface area contributed by atoms with E-state index in [2.05, 4.69) is 0 Å². The van der Waals surface area contributed by atoms with Crippen LogP contribution < -0.4 is 0 Å². The van der Waals surface area contributed by atoms with Crippen LogP contribution in [-0.4, -0.2) is 64.5 Å². The number of aliphatic hydroxyl groups excluding tert-OH is 2. The summed E-state index contributed by atoms with van der Waals surface area (Å²) in [6, 6.07) is 0. The fourth-order valence-corrected chi connectivity index (χ4v) is 0.746. The zero-order valence-electron chi connectivity index (χ0n) is 10.9. The van der Waals surface area contributed by atoms with Crippen molar-refractivity contribution in [1.82, 2.24) is 0 Å². The lowest BCUT2D eigenvalue weighted by molar-refractivity contribution is -0.970. The summed E-state index contributed by atoms with van der Waals surface area (Å²) in [7, 11) is 0. The zero-order chi connectivity index (χ0) is 19.9. The Hall–Kier alpha value is -3.68. The van der Waals surface area contributed by atoms with Gasteiger partial charge in [0.1, 0.15) is 0 Å². The van der Waals surface area contributed by atoms with Crippen molar-refractivity contribution in [3.05, 3.63) is 60.7 Å². The maximum atomic E-state index is 9.90. The third-order valence-electron chi connectivity index (χ3n) is 2.18. The van der Waals surface area contributed by atoms with Crippen LogP contribution in [0.5, 0.6) is 0 Å². The number of hydrogen-bond donors (Lipinski definition) is 2. The van der Waals surface area contributed by atoms with Crippen LogP contribution in [0.4, 0.5) is 0 Å². The van der Waals surface area contributed by atoms with Crippen molar-refractivity contribution in [3.63, 3.8) is 0 Å². The highest BCUT2D eigenvalue weighted by molar-refractivity contribution is 4.49. The molecule has 0 aliphatic heterocycles. The van der Waals surface area contributed by atoms with Gasteiger partial charge in [-0.05, 0) is 0 Å². The van der Waals surface area contributed by atoms with Crippen LogP contribution in [0.15, 0.2) is 0 Å². The van der Waals surface area contributed by atoms with Gasteiger partial charge in [0.05, 0.1) is 0 Å². The van der Waals surface area contributed by atoms with Crippen LogP contribution in [0, 0.1) is 60.7 Å². The van der Waals surface area contributed by atoms with Crippen molar-refractivity contribution in [2.75, 3.05) is 13.2 Å². The summed E-state index contributed by atoms with van der Waals surface area (Å²) in [4.78, 5) is 48.8. The molecule has 20 heteroatoms. The summed E-state index contributed by atoms with van der Waals surface area (Å²) in [6.45, 7) is -3.58. The lowest BCUT2D eigenvalue weighted by Crippen LogP contribution is -2.56. The van der Waals surface area contributed by atoms with Crippen molar-refractivity contribution in [2.24, 2.45) is 0 Å². The summed E-state index contributed by atoms with van der Waals surface area (Å²) >= 11 is 0. The first-order chi connectivity index (χ1) is 10.8. The molecule has 0 spiro atoms. The van der Waals surface area contributed by atoms with E-state index in [4.69, 9.17) is 10.2 Å². The zero-order valence-corrected chi connectivity index (χ0v) is 10.9. The number of hydrogen-bond acceptors (Lipinski definition) is 14. The van der Waals surface area contributed by atoms with Crippen LogP contribution in [-0.2, 0) is 0 Å². The van der Waals surface area contributed by atoms with Gasteiger partial charge in [-0.2, -0.15) is 0 Å². The predicted molar refractivity (Wildman–Crippen MR) is 61.6 cm³/mol. The van der Waals surface area contributed by atoms with Crippen molar-refractivity contribution in [3.8, 4) is 0 Å². The van der Waals surface area contributed by atoms with Crippen LogP contribution in [0.25, 0.3) is 0 Å². The maximum Gasteiger partial charge on any atom is 0.723 e. The molecule has 0 fully saturated rings. The summed E-state index contributed by atoms with van der Waals surface area (Å²) < 4.78 is 0. The van der Waals surface area contributed by atoms with Crippen molar-refractivity contribution in [1.29, 1.82) is 0 Å². The quantitative estimate of drug-likeness (QED) is 0.246. The Kier molecular flexibility index (Phi) is 7.61. The number of aliphatic hydroxyl groups is 2. The molecule has 24 heavy (non-hydrogen) atoms.